The number of benzene rings is 1. The van der Waals surface area contributed by atoms with Gasteiger partial charge in [-0.25, -0.2) is 0 Å². The molecule has 0 aliphatic rings. The Kier molecular flexibility index (Phi) is 4.48. The Bertz CT molecular complexity index is 442. The van der Waals surface area contributed by atoms with Crippen LogP contribution in [0.25, 0.3) is 0 Å². The molecule has 0 fully saturated rings. The highest BCUT2D eigenvalue weighted by atomic mass is 16.2. The molecule has 4 heteroatoms. The maximum absolute atomic E-state index is 11.9. The van der Waals surface area contributed by atoms with Gasteiger partial charge in [-0.1, -0.05) is 17.7 Å². The summed E-state index contributed by atoms with van der Waals surface area (Å²) in [6, 6.07) is 3.97. The van der Waals surface area contributed by atoms with Crippen molar-refractivity contribution in [3.05, 3.63) is 34.4 Å². The van der Waals surface area contributed by atoms with Crippen molar-refractivity contribution in [2.45, 2.75) is 26.7 Å². The minimum atomic E-state index is -0.791. The lowest BCUT2D eigenvalue weighted by molar-refractivity contribution is -0.131. The molecular weight excluding hydrogens is 228 g/mol. The van der Waals surface area contributed by atoms with Gasteiger partial charge in [0.1, 0.15) is 5.92 Å². The molecule has 0 bridgehead atoms. The number of likely N-dealkylation sites (N-methyl/N-ethyl adjacent to an activating group) is 2. The van der Waals surface area contributed by atoms with Crippen LogP contribution in [0.3, 0.4) is 0 Å². The normalized spacial score (nSPS) is 10.3. The summed E-state index contributed by atoms with van der Waals surface area (Å²) in [5.41, 5.74) is 3.84. The Morgan fingerprint density at radius 1 is 0.944 bits per heavy atom. The van der Waals surface area contributed by atoms with Gasteiger partial charge in [0.25, 0.3) is 0 Å². The lowest BCUT2D eigenvalue weighted by atomic mass is 9.88. The third-order valence-corrected chi connectivity index (χ3v) is 3.04. The fraction of sp³-hybridized carbons (Fsp3) is 0.429. The number of hydrogen-bond acceptors (Lipinski definition) is 2. The molecule has 0 aromatic heterocycles. The summed E-state index contributed by atoms with van der Waals surface area (Å²) in [4.78, 5) is 23.9. The Hall–Kier alpha value is -1.84. The van der Waals surface area contributed by atoms with E-state index in [1.54, 1.807) is 0 Å². The molecule has 0 saturated carbocycles. The van der Waals surface area contributed by atoms with Crippen molar-refractivity contribution < 1.29 is 9.59 Å². The van der Waals surface area contributed by atoms with Gasteiger partial charge in [0.2, 0.25) is 11.8 Å². The van der Waals surface area contributed by atoms with Crippen LogP contribution in [0, 0.1) is 20.8 Å². The molecule has 0 aliphatic heterocycles. The van der Waals surface area contributed by atoms with E-state index in [1.807, 2.05) is 32.9 Å². The Labute approximate surface area is 108 Å². The highest BCUT2D eigenvalue weighted by Crippen LogP contribution is 2.25. The molecule has 4 nitrogen and oxygen atoms in total. The SMILES string of the molecule is CNC(=O)C(C(=O)NC)c1c(C)cc(C)cc1C. The Morgan fingerprint density at radius 2 is 1.33 bits per heavy atom. The number of hydrogen-bond donors (Lipinski definition) is 2. The van der Waals surface area contributed by atoms with Crippen molar-refractivity contribution in [2.24, 2.45) is 0 Å². The van der Waals surface area contributed by atoms with Gasteiger partial charge in [0.05, 0.1) is 0 Å². The third-order valence-electron chi connectivity index (χ3n) is 3.04. The van der Waals surface area contributed by atoms with Crippen molar-refractivity contribution in [1.29, 1.82) is 0 Å². The van der Waals surface area contributed by atoms with Gasteiger partial charge >= 0.3 is 0 Å². The van der Waals surface area contributed by atoms with Crippen LogP contribution in [0.5, 0.6) is 0 Å². The van der Waals surface area contributed by atoms with E-state index >= 15 is 0 Å². The van der Waals surface area contributed by atoms with Gasteiger partial charge in [-0.3, -0.25) is 9.59 Å². The highest BCUT2D eigenvalue weighted by Gasteiger charge is 2.29. The molecule has 1 aromatic rings. The second-order valence-electron chi connectivity index (χ2n) is 4.47. The van der Waals surface area contributed by atoms with Crippen LogP contribution in [0.2, 0.25) is 0 Å². The van der Waals surface area contributed by atoms with Crippen LogP contribution >= 0.6 is 0 Å². The summed E-state index contributed by atoms with van der Waals surface area (Å²) in [6.07, 6.45) is 0. The Morgan fingerprint density at radius 3 is 1.67 bits per heavy atom. The summed E-state index contributed by atoms with van der Waals surface area (Å²) in [7, 11) is 3.08. The quantitative estimate of drug-likeness (QED) is 0.789. The maximum Gasteiger partial charge on any atom is 0.236 e. The van der Waals surface area contributed by atoms with E-state index in [0.29, 0.717) is 0 Å². The van der Waals surface area contributed by atoms with Gasteiger partial charge in [0, 0.05) is 14.1 Å². The Balaban J connectivity index is 3.38. The van der Waals surface area contributed by atoms with E-state index in [4.69, 9.17) is 0 Å². The molecule has 0 aliphatic carbocycles. The largest absolute Gasteiger partial charge is 0.358 e. The minimum Gasteiger partial charge on any atom is -0.358 e. The second-order valence-corrected chi connectivity index (χ2v) is 4.47. The number of rotatable bonds is 3. The topological polar surface area (TPSA) is 58.2 Å². The van der Waals surface area contributed by atoms with Crippen LogP contribution in [-0.4, -0.2) is 25.9 Å². The van der Waals surface area contributed by atoms with Gasteiger partial charge in [0.15, 0.2) is 0 Å². The van der Waals surface area contributed by atoms with E-state index < -0.39 is 5.92 Å². The van der Waals surface area contributed by atoms with E-state index in [0.717, 1.165) is 22.3 Å². The van der Waals surface area contributed by atoms with Crippen molar-refractivity contribution >= 4 is 11.8 Å². The van der Waals surface area contributed by atoms with Gasteiger partial charge in [-0.05, 0) is 37.5 Å². The molecule has 0 heterocycles. The highest BCUT2D eigenvalue weighted by molar-refractivity contribution is 6.06. The number of aryl methyl sites for hydroxylation is 3. The minimum absolute atomic E-state index is 0.288. The number of amides is 2. The van der Waals surface area contributed by atoms with Gasteiger partial charge < -0.3 is 10.6 Å². The summed E-state index contributed by atoms with van der Waals surface area (Å²) in [5, 5.41) is 5.10. The summed E-state index contributed by atoms with van der Waals surface area (Å²) in [5.74, 6) is -1.37. The predicted molar refractivity (Wildman–Crippen MR) is 71.5 cm³/mol. The van der Waals surface area contributed by atoms with E-state index in [-0.39, 0.29) is 11.8 Å². The van der Waals surface area contributed by atoms with Crippen LogP contribution in [-0.2, 0) is 9.59 Å². The molecular formula is C14H20N2O2. The molecule has 2 amide bonds. The van der Waals surface area contributed by atoms with E-state index in [2.05, 4.69) is 10.6 Å². The lowest BCUT2D eigenvalue weighted by Crippen LogP contribution is -2.37. The first-order chi connectivity index (χ1) is 8.42. The predicted octanol–water partition coefficient (Wildman–Crippen LogP) is 1.19. The molecule has 18 heavy (non-hydrogen) atoms. The first kappa shape index (κ1) is 14.2. The molecule has 2 N–H and O–H groups in total. The fourth-order valence-corrected chi connectivity index (χ4v) is 2.32. The van der Waals surface area contributed by atoms with E-state index in [1.165, 1.54) is 14.1 Å². The zero-order valence-corrected chi connectivity index (χ0v) is 11.5. The summed E-state index contributed by atoms with van der Waals surface area (Å²) < 4.78 is 0. The summed E-state index contributed by atoms with van der Waals surface area (Å²) >= 11 is 0. The van der Waals surface area contributed by atoms with Gasteiger partial charge in [-0.2, -0.15) is 0 Å². The smallest absolute Gasteiger partial charge is 0.236 e. The van der Waals surface area contributed by atoms with Crippen LogP contribution < -0.4 is 10.6 Å². The van der Waals surface area contributed by atoms with Crippen molar-refractivity contribution in [1.82, 2.24) is 10.6 Å². The first-order valence-electron chi connectivity index (χ1n) is 5.93. The van der Waals surface area contributed by atoms with Crippen molar-refractivity contribution in [3.63, 3.8) is 0 Å². The zero-order valence-electron chi connectivity index (χ0n) is 11.5. The average Bonchev–Trinajstić information content (AvgIpc) is 2.31. The molecule has 98 valence electrons. The molecule has 0 radical (unpaired) electrons. The number of carbonyl (C=O) groups is 2. The monoisotopic (exact) mass is 248 g/mol. The summed E-state index contributed by atoms with van der Waals surface area (Å²) in [6.45, 7) is 5.85. The number of nitrogens with one attached hydrogen (secondary N) is 2. The molecule has 1 rings (SSSR count). The third kappa shape index (κ3) is 2.70. The van der Waals surface area contributed by atoms with Crippen LogP contribution in [0.15, 0.2) is 12.1 Å². The van der Waals surface area contributed by atoms with Crippen molar-refractivity contribution in [3.8, 4) is 0 Å². The van der Waals surface area contributed by atoms with Crippen LogP contribution in [0.1, 0.15) is 28.2 Å². The van der Waals surface area contributed by atoms with Crippen molar-refractivity contribution in [2.75, 3.05) is 14.1 Å². The average molecular weight is 248 g/mol. The second kappa shape index (κ2) is 5.67. The van der Waals surface area contributed by atoms with Gasteiger partial charge in [-0.15, -0.1) is 0 Å². The maximum atomic E-state index is 11.9. The number of carbonyl (C=O) groups excluding carboxylic acids is 2. The van der Waals surface area contributed by atoms with E-state index in [9.17, 15) is 9.59 Å². The lowest BCUT2D eigenvalue weighted by Gasteiger charge is -2.19. The standard InChI is InChI=1S/C14H20N2O2/c1-8-6-9(2)11(10(3)7-8)12(13(17)15-4)14(18)16-5/h6-7,12H,1-5H3,(H,15,17)(H,16,18). The van der Waals surface area contributed by atoms with Crippen LogP contribution in [0.4, 0.5) is 0 Å². The fourth-order valence-electron chi connectivity index (χ4n) is 2.32. The molecule has 0 saturated heterocycles. The molecule has 0 spiro atoms. The zero-order chi connectivity index (χ0) is 13.9. The first-order valence-corrected chi connectivity index (χ1v) is 5.93. The molecule has 0 atom stereocenters. The molecule has 0 unspecified atom stereocenters. The molecule has 1 aromatic carbocycles.